The Morgan fingerprint density at radius 2 is 1.90 bits per heavy atom. The van der Waals surface area contributed by atoms with Crippen molar-refractivity contribution in [1.82, 2.24) is 24.5 Å². The van der Waals surface area contributed by atoms with E-state index in [-0.39, 0.29) is 15.8 Å². The number of nitrogens with zero attached hydrogens (tertiary/aromatic N) is 5. The number of anilines is 1. The normalized spacial score (nSPS) is 11.6. The highest BCUT2D eigenvalue weighted by Gasteiger charge is 2.25. The summed E-state index contributed by atoms with van der Waals surface area (Å²) in [6.07, 6.45) is 1.47. The zero-order valence-corrected chi connectivity index (χ0v) is 18.3. The highest BCUT2D eigenvalue weighted by molar-refractivity contribution is 7.89. The molecule has 3 aromatic rings. The van der Waals surface area contributed by atoms with Gasteiger partial charge in [0.1, 0.15) is 11.2 Å². The third-order valence-corrected chi connectivity index (χ3v) is 7.10. The van der Waals surface area contributed by atoms with E-state index in [1.165, 1.54) is 27.4 Å². The van der Waals surface area contributed by atoms with Crippen LogP contribution in [0.5, 0.6) is 0 Å². The largest absolute Gasteiger partial charge is 0.322 e. The molecule has 0 spiro atoms. The maximum absolute atomic E-state index is 12.8. The van der Waals surface area contributed by atoms with Crippen LogP contribution < -0.4 is 5.32 Å². The average molecular weight is 449 g/mol. The lowest BCUT2D eigenvalue weighted by Gasteiger charge is -2.19. The Morgan fingerprint density at radius 3 is 2.50 bits per heavy atom. The van der Waals surface area contributed by atoms with Gasteiger partial charge in [-0.1, -0.05) is 25.4 Å². The first kappa shape index (κ1) is 21.9. The molecule has 0 aliphatic heterocycles. The maximum Gasteiger partial charge on any atom is 0.255 e. The van der Waals surface area contributed by atoms with E-state index in [0.717, 1.165) is 11.3 Å². The van der Waals surface area contributed by atoms with Crippen LogP contribution in [0.1, 0.15) is 29.8 Å². The molecule has 0 unspecified atom stereocenters. The van der Waals surface area contributed by atoms with Crippen LogP contribution in [0.25, 0.3) is 5.69 Å². The van der Waals surface area contributed by atoms with E-state index in [0.29, 0.717) is 24.3 Å². The molecule has 30 heavy (non-hydrogen) atoms. The van der Waals surface area contributed by atoms with Crippen molar-refractivity contribution in [3.05, 3.63) is 58.9 Å². The lowest BCUT2D eigenvalue weighted by molar-refractivity contribution is 0.102. The van der Waals surface area contributed by atoms with E-state index in [9.17, 15) is 13.2 Å². The Labute approximate surface area is 179 Å². The number of aryl methyl sites for hydroxylation is 1. The second kappa shape index (κ2) is 8.90. The summed E-state index contributed by atoms with van der Waals surface area (Å²) >= 11 is 6.14. The highest BCUT2D eigenvalue weighted by atomic mass is 35.5. The second-order valence-corrected chi connectivity index (χ2v) is 8.76. The monoisotopic (exact) mass is 448 g/mol. The number of benzene rings is 2. The predicted octanol–water partition coefficient (Wildman–Crippen LogP) is 2.91. The number of aromatic nitrogens is 4. The fraction of sp³-hybridized carbons (Fsp3) is 0.263. The molecular formula is C19H21ClN6O3S. The van der Waals surface area contributed by atoms with Crippen molar-refractivity contribution in [2.45, 2.75) is 25.7 Å². The van der Waals surface area contributed by atoms with E-state index in [1.807, 2.05) is 6.92 Å². The van der Waals surface area contributed by atoms with Gasteiger partial charge < -0.3 is 5.32 Å². The molecule has 2 aromatic carbocycles. The Morgan fingerprint density at radius 1 is 1.17 bits per heavy atom. The number of sulfonamides is 1. The smallest absolute Gasteiger partial charge is 0.255 e. The number of amides is 1. The minimum absolute atomic E-state index is 0.0455. The standard InChI is InChI=1S/C19H21ClN6O3S/c1-4-25(5-2)30(28,29)18-11-15(7-8-16(18)20)22-19(27)14-6-9-17(13(3)10-14)26-12-21-23-24-26/h6-12H,4-5H2,1-3H3,(H,22,27). The Kier molecular flexibility index (Phi) is 6.49. The van der Waals surface area contributed by atoms with Crippen molar-refractivity contribution >= 4 is 33.2 Å². The number of hydrogen-bond acceptors (Lipinski definition) is 6. The van der Waals surface area contributed by atoms with Crippen molar-refractivity contribution < 1.29 is 13.2 Å². The molecule has 0 saturated heterocycles. The number of carbonyl (C=O) groups is 1. The van der Waals surface area contributed by atoms with Crippen LogP contribution in [-0.4, -0.2) is 51.9 Å². The van der Waals surface area contributed by atoms with E-state index in [1.54, 1.807) is 38.1 Å². The van der Waals surface area contributed by atoms with Gasteiger partial charge in [-0.3, -0.25) is 4.79 Å². The van der Waals surface area contributed by atoms with Crippen molar-refractivity contribution in [3.8, 4) is 5.69 Å². The number of carbonyl (C=O) groups excluding carboxylic acids is 1. The van der Waals surface area contributed by atoms with E-state index >= 15 is 0 Å². The van der Waals surface area contributed by atoms with Crippen molar-refractivity contribution in [2.24, 2.45) is 0 Å². The molecule has 9 nitrogen and oxygen atoms in total. The molecule has 0 atom stereocenters. The lowest BCUT2D eigenvalue weighted by atomic mass is 10.1. The molecule has 11 heteroatoms. The Hall–Kier alpha value is -2.82. The molecule has 1 aromatic heterocycles. The minimum Gasteiger partial charge on any atom is -0.322 e. The number of tetrazole rings is 1. The van der Waals surface area contributed by atoms with Crippen LogP contribution in [0.4, 0.5) is 5.69 Å². The van der Waals surface area contributed by atoms with E-state index in [2.05, 4.69) is 20.8 Å². The van der Waals surface area contributed by atoms with Gasteiger partial charge in [0.2, 0.25) is 10.0 Å². The van der Waals surface area contributed by atoms with Crippen LogP contribution in [0.2, 0.25) is 5.02 Å². The molecule has 1 N–H and O–H groups in total. The molecule has 1 heterocycles. The third-order valence-electron chi connectivity index (χ3n) is 4.57. The topological polar surface area (TPSA) is 110 Å². The Bertz CT molecular complexity index is 1160. The molecule has 0 aliphatic rings. The summed E-state index contributed by atoms with van der Waals surface area (Å²) in [5, 5.41) is 13.9. The van der Waals surface area contributed by atoms with Gasteiger partial charge in [-0.25, -0.2) is 13.1 Å². The van der Waals surface area contributed by atoms with Gasteiger partial charge in [0.05, 0.1) is 10.7 Å². The molecule has 1 amide bonds. The van der Waals surface area contributed by atoms with Crippen LogP contribution in [0.15, 0.2) is 47.6 Å². The molecule has 0 fully saturated rings. The molecule has 158 valence electrons. The first-order valence-electron chi connectivity index (χ1n) is 9.23. The van der Waals surface area contributed by atoms with Crippen molar-refractivity contribution in [3.63, 3.8) is 0 Å². The average Bonchev–Trinajstić information content (AvgIpc) is 3.24. The van der Waals surface area contributed by atoms with Crippen LogP contribution in [0.3, 0.4) is 0 Å². The number of nitrogens with one attached hydrogen (secondary N) is 1. The van der Waals surface area contributed by atoms with Gasteiger partial charge >= 0.3 is 0 Å². The Balaban J connectivity index is 1.87. The van der Waals surface area contributed by atoms with E-state index < -0.39 is 10.0 Å². The van der Waals surface area contributed by atoms with Crippen LogP contribution >= 0.6 is 11.6 Å². The third kappa shape index (κ3) is 4.35. The summed E-state index contributed by atoms with van der Waals surface area (Å²) < 4.78 is 28.5. The molecule has 0 radical (unpaired) electrons. The van der Waals surface area contributed by atoms with Gasteiger partial charge in [-0.15, -0.1) is 5.10 Å². The lowest BCUT2D eigenvalue weighted by Crippen LogP contribution is -2.30. The van der Waals surface area contributed by atoms with Crippen molar-refractivity contribution in [2.75, 3.05) is 18.4 Å². The molecular weight excluding hydrogens is 428 g/mol. The van der Waals surface area contributed by atoms with Gasteiger partial charge in [0.15, 0.2) is 0 Å². The zero-order valence-electron chi connectivity index (χ0n) is 16.7. The number of rotatable bonds is 7. The number of hydrogen-bond donors (Lipinski definition) is 1. The summed E-state index contributed by atoms with van der Waals surface area (Å²) in [6, 6.07) is 9.47. The molecule has 3 rings (SSSR count). The predicted molar refractivity (Wildman–Crippen MR) is 113 cm³/mol. The van der Waals surface area contributed by atoms with Crippen LogP contribution in [0, 0.1) is 6.92 Å². The molecule has 0 saturated carbocycles. The summed E-state index contributed by atoms with van der Waals surface area (Å²) in [6.45, 7) is 5.98. The van der Waals surface area contributed by atoms with Crippen LogP contribution in [-0.2, 0) is 10.0 Å². The zero-order chi connectivity index (χ0) is 21.9. The maximum atomic E-state index is 12.8. The molecule has 0 aliphatic carbocycles. The number of halogens is 1. The van der Waals surface area contributed by atoms with Gasteiger partial charge in [0, 0.05) is 24.3 Å². The summed E-state index contributed by atoms with van der Waals surface area (Å²) in [5.41, 5.74) is 2.29. The van der Waals surface area contributed by atoms with Gasteiger partial charge in [0.25, 0.3) is 5.91 Å². The first-order chi connectivity index (χ1) is 14.3. The summed E-state index contributed by atoms with van der Waals surface area (Å²) in [7, 11) is -3.76. The second-order valence-electron chi connectivity index (χ2n) is 6.44. The SMILES string of the molecule is CCN(CC)S(=O)(=O)c1cc(NC(=O)c2ccc(-n3cnnn3)c(C)c2)ccc1Cl. The van der Waals surface area contributed by atoms with Gasteiger partial charge in [-0.2, -0.15) is 4.31 Å². The fourth-order valence-electron chi connectivity index (χ4n) is 3.01. The highest BCUT2D eigenvalue weighted by Crippen LogP contribution is 2.28. The molecule has 0 bridgehead atoms. The van der Waals surface area contributed by atoms with Gasteiger partial charge in [-0.05, 0) is 59.3 Å². The summed E-state index contributed by atoms with van der Waals surface area (Å²) in [4.78, 5) is 12.7. The fourth-order valence-corrected chi connectivity index (χ4v) is 4.97. The quantitative estimate of drug-likeness (QED) is 0.595. The summed E-state index contributed by atoms with van der Waals surface area (Å²) in [5.74, 6) is -0.380. The van der Waals surface area contributed by atoms with Crippen molar-refractivity contribution in [1.29, 1.82) is 0 Å². The first-order valence-corrected chi connectivity index (χ1v) is 11.0. The van der Waals surface area contributed by atoms with E-state index in [4.69, 9.17) is 11.6 Å². The minimum atomic E-state index is -3.76.